The Morgan fingerprint density at radius 3 is 2.90 bits per heavy atom. The number of nitrogens with zero attached hydrogens (tertiary/aromatic N) is 3. The molecule has 0 aliphatic heterocycles. The fourth-order valence-corrected chi connectivity index (χ4v) is 2.50. The topological polar surface area (TPSA) is 30.2 Å². The number of halogens is 1. The predicted octanol–water partition coefficient (Wildman–Crippen LogP) is 3.69. The van der Waals surface area contributed by atoms with Gasteiger partial charge in [-0.05, 0) is 30.3 Å². The quantitative estimate of drug-likeness (QED) is 0.524. The Labute approximate surface area is 114 Å². The third kappa shape index (κ3) is 1.58. The fraction of sp³-hybridized carbons (Fsp3) is 0. The summed E-state index contributed by atoms with van der Waals surface area (Å²) in [5, 5.41) is 5.09. The zero-order valence-electron chi connectivity index (χ0n) is 10.5. The number of aromatic nitrogens is 3. The molecule has 96 valence electrons. The minimum atomic E-state index is -0.268. The van der Waals surface area contributed by atoms with Gasteiger partial charge in [-0.25, -0.2) is 8.91 Å². The van der Waals surface area contributed by atoms with E-state index in [2.05, 4.69) is 10.1 Å². The van der Waals surface area contributed by atoms with Gasteiger partial charge in [-0.1, -0.05) is 12.1 Å². The van der Waals surface area contributed by atoms with E-state index >= 15 is 0 Å². The molecule has 0 unspecified atom stereocenters. The van der Waals surface area contributed by atoms with Crippen LogP contribution in [0.4, 0.5) is 4.39 Å². The molecule has 0 atom stereocenters. The van der Waals surface area contributed by atoms with Gasteiger partial charge in [-0.15, -0.1) is 0 Å². The number of rotatable bonds is 1. The van der Waals surface area contributed by atoms with E-state index < -0.39 is 0 Å². The van der Waals surface area contributed by atoms with Crippen molar-refractivity contribution in [1.29, 1.82) is 0 Å². The summed E-state index contributed by atoms with van der Waals surface area (Å²) in [6, 6.07) is 12.5. The van der Waals surface area contributed by atoms with Gasteiger partial charge in [-0.3, -0.25) is 4.98 Å². The lowest BCUT2D eigenvalue weighted by molar-refractivity contribution is 0.630. The summed E-state index contributed by atoms with van der Waals surface area (Å²) in [5.74, 6) is -0.268. The lowest BCUT2D eigenvalue weighted by Crippen LogP contribution is -1.87. The van der Waals surface area contributed by atoms with Crippen molar-refractivity contribution in [3.05, 3.63) is 66.9 Å². The largest absolute Gasteiger partial charge is 0.256 e. The van der Waals surface area contributed by atoms with Gasteiger partial charge in [0.1, 0.15) is 5.82 Å². The van der Waals surface area contributed by atoms with E-state index in [4.69, 9.17) is 0 Å². The Bertz CT molecular complexity index is 927. The maximum Gasteiger partial charge on any atom is 0.124 e. The van der Waals surface area contributed by atoms with Gasteiger partial charge < -0.3 is 0 Å². The Morgan fingerprint density at radius 2 is 1.95 bits per heavy atom. The third-order valence-corrected chi connectivity index (χ3v) is 3.39. The zero-order valence-corrected chi connectivity index (χ0v) is 10.5. The molecule has 0 fully saturated rings. The number of hydrogen-bond donors (Lipinski definition) is 0. The van der Waals surface area contributed by atoms with Crippen LogP contribution in [0.1, 0.15) is 0 Å². The van der Waals surface area contributed by atoms with Crippen LogP contribution < -0.4 is 0 Å². The molecule has 3 nitrogen and oxygen atoms in total. The smallest absolute Gasteiger partial charge is 0.124 e. The zero-order chi connectivity index (χ0) is 13.5. The van der Waals surface area contributed by atoms with Gasteiger partial charge in [0, 0.05) is 28.9 Å². The van der Waals surface area contributed by atoms with Gasteiger partial charge in [0.15, 0.2) is 0 Å². The van der Waals surface area contributed by atoms with Crippen LogP contribution in [0, 0.1) is 5.82 Å². The molecule has 0 spiro atoms. The monoisotopic (exact) mass is 263 g/mol. The van der Waals surface area contributed by atoms with Gasteiger partial charge in [0.2, 0.25) is 0 Å². The van der Waals surface area contributed by atoms with Gasteiger partial charge in [-0.2, -0.15) is 5.10 Å². The summed E-state index contributed by atoms with van der Waals surface area (Å²) in [7, 11) is 0. The number of pyridine rings is 2. The van der Waals surface area contributed by atoms with E-state index in [1.54, 1.807) is 16.9 Å². The lowest BCUT2D eigenvalue weighted by atomic mass is 10.0. The standard InChI is InChI=1S/C16H10FN3/c17-12-8-11-4-3-6-18-16(11)13(9-12)14-10-19-20-7-2-1-5-15(14)20/h1-10H. The fourth-order valence-electron chi connectivity index (χ4n) is 2.50. The summed E-state index contributed by atoms with van der Waals surface area (Å²) >= 11 is 0. The highest BCUT2D eigenvalue weighted by atomic mass is 19.1. The highest BCUT2D eigenvalue weighted by molar-refractivity contribution is 5.97. The summed E-state index contributed by atoms with van der Waals surface area (Å²) in [4.78, 5) is 4.38. The Morgan fingerprint density at radius 1 is 1.00 bits per heavy atom. The van der Waals surface area contributed by atoms with Crippen LogP contribution in [0.2, 0.25) is 0 Å². The number of fused-ring (bicyclic) bond motifs is 2. The first-order valence-electron chi connectivity index (χ1n) is 6.30. The second-order valence-corrected chi connectivity index (χ2v) is 4.62. The van der Waals surface area contributed by atoms with Crippen molar-refractivity contribution in [2.45, 2.75) is 0 Å². The first-order valence-corrected chi connectivity index (χ1v) is 6.30. The molecule has 0 amide bonds. The summed E-state index contributed by atoms with van der Waals surface area (Å²) < 4.78 is 15.6. The predicted molar refractivity (Wildman–Crippen MR) is 75.9 cm³/mol. The lowest BCUT2D eigenvalue weighted by Gasteiger charge is -2.05. The molecule has 0 radical (unpaired) electrons. The molecule has 4 heteroatoms. The van der Waals surface area contributed by atoms with Crippen LogP contribution in [0.5, 0.6) is 0 Å². The molecule has 4 aromatic rings. The molecule has 0 saturated carbocycles. The molecule has 0 bridgehead atoms. The van der Waals surface area contributed by atoms with Crippen LogP contribution in [-0.4, -0.2) is 14.6 Å². The minimum Gasteiger partial charge on any atom is -0.256 e. The average Bonchev–Trinajstić information content (AvgIpc) is 2.90. The highest BCUT2D eigenvalue weighted by Crippen LogP contribution is 2.31. The van der Waals surface area contributed by atoms with E-state index in [0.29, 0.717) is 0 Å². The van der Waals surface area contributed by atoms with E-state index in [-0.39, 0.29) is 5.82 Å². The minimum absolute atomic E-state index is 0.268. The molecule has 3 aromatic heterocycles. The van der Waals surface area contributed by atoms with Crippen molar-refractivity contribution in [2.24, 2.45) is 0 Å². The Balaban J connectivity index is 2.12. The number of benzene rings is 1. The Kier molecular flexibility index (Phi) is 2.29. The average molecular weight is 263 g/mol. The molecule has 1 aromatic carbocycles. The first kappa shape index (κ1) is 11.1. The molecule has 20 heavy (non-hydrogen) atoms. The van der Waals surface area contributed by atoms with Crippen molar-refractivity contribution < 1.29 is 4.39 Å². The molecular weight excluding hydrogens is 253 g/mol. The second kappa shape index (κ2) is 4.13. The molecule has 0 aliphatic rings. The number of hydrogen-bond acceptors (Lipinski definition) is 2. The summed E-state index contributed by atoms with van der Waals surface area (Å²) in [6.07, 6.45) is 5.33. The normalized spacial score (nSPS) is 11.2. The van der Waals surface area contributed by atoms with Crippen molar-refractivity contribution in [1.82, 2.24) is 14.6 Å². The maximum atomic E-state index is 13.8. The third-order valence-electron chi connectivity index (χ3n) is 3.39. The van der Waals surface area contributed by atoms with E-state index in [1.165, 1.54) is 12.1 Å². The molecule has 0 saturated heterocycles. The van der Waals surface area contributed by atoms with Crippen LogP contribution in [-0.2, 0) is 0 Å². The first-order chi connectivity index (χ1) is 9.83. The van der Waals surface area contributed by atoms with E-state index in [0.717, 1.165) is 27.5 Å². The Hall–Kier alpha value is -2.75. The van der Waals surface area contributed by atoms with Crippen molar-refractivity contribution in [2.75, 3.05) is 0 Å². The van der Waals surface area contributed by atoms with Crippen LogP contribution >= 0.6 is 0 Å². The van der Waals surface area contributed by atoms with E-state index in [9.17, 15) is 4.39 Å². The molecule has 0 aliphatic carbocycles. The van der Waals surface area contributed by atoms with Crippen molar-refractivity contribution >= 4 is 16.4 Å². The van der Waals surface area contributed by atoms with Crippen molar-refractivity contribution in [3.63, 3.8) is 0 Å². The van der Waals surface area contributed by atoms with Crippen molar-refractivity contribution in [3.8, 4) is 11.1 Å². The van der Waals surface area contributed by atoms with Gasteiger partial charge >= 0.3 is 0 Å². The summed E-state index contributed by atoms with van der Waals surface area (Å²) in [5.41, 5.74) is 3.37. The maximum absolute atomic E-state index is 13.8. The molecular formula is C16H10FN3. The molecule has 3 heterocycles. The van der Waals surface area contributed by atoms with Gasteiger partial charge in [0.05, 0.1) is 17.2 Å². The van der Waals surface area contributed by atoms with E-state index in [1.807, 2.05) is 36.5 Å². The second-order valence-electron chi connectivity index (χ2n) is 4.62. The van der Waals surface area contributed by atoms with Gasteiger partial charge in [0.25, 0.3) is 0 Å². The molecule has 4 rings (SSSR count). The van der Waals surface area contributed by atoms with Crippen LogP contribution in [0.15, 0.2) is 61.1 Å². The molecule has 0 N–H and O–H groups in total. The SMILES string of the molecule is Fc1cc(-c2cnn3ccccc23)c2ncccc2c1. The van der Waals surface area contributed by atoms with Crippen LogP contribution in [0.3, 0.4) is 0 Å². The highest BCUT2D eigenvalue weighted by Gasteiger charge is 2.12. The summed E-state index contributed by atoms with van der Waals surface area (Å²) in [6.45, 7) is 0. The van der Waals surface area contributed by atoms with Crippen LogP contribution in [0.25, 0.3) is 27.5 Å².